The van der Waals surface area contributed by atoms with Crippen LogP contribution in [0.4, 0.5) is 0 Å². The largest absolute Gasteiger partial charge is 0.323 e. The average molecular weight is 198 g/mol. The van der Waals surface area contributed by atoms with Crippen molar-refractivity contribution in [3.63, 3.8) is 0 Å². The van der Waals surface area contributed by atoms with E-state index in [1.54, 1.807) is 11.3 Å². The number of hydrogen-bond acceptors (Lipinski definition) is 3. The zero-order valence-electron chi connectivity index (χ0n) is 8.58. The Morgan fingerprint density at radius 1 is 1.54 bits per heavy atom. The van der Waals surface area contributed by atoms with Crippen molar-refractivity contribution >= 4 is 11.3 Å². The van der Waals surface area contributed by atoms with Gasteiger partial charge in [-0.2, -0.15) is 0 Å². The summed E-state index contributed by atoms with van der Waals surface area (Å²) in [5.41, 5.74) is 8.23. The van der Waals surface area contributed by atoms with Crippen LogP contribution >= 0.6 is 11.3 Å². The molecular weight excluding hydrogens is 180 g/mol. The molecule has 1 rings (SSSR count). The second kappa shape index (κ2) is 4.20. The lowest BCUT2D eigenvalue weighted by Crippen LogP contribution is -2.13. The first-order valence-corrected chi connectivity index (χ1v) is 5.51. The Morgan fingerprint density at radius 2 is 2.23 bits per heavy atom. The van der Waals surface area contributed by atoms with Crippen molar-refractivity contribution in [1.82, 2.24) is 4.98 Å². The SMILES string of the molecule is CC(C)(C)CCC(N)c1cncs1. The van der Waals surface area contributed by atoms with E-state index in [0.29, 0.717) is 5.41 Å². The lowest BCUT2D eigenvalue weighted by Gasteiger charge is -2.19. The van der Waals surface area contributed by atoms with Gasteiger partial charge in [-0.05, 0) is 18.3 Å². The molecule has 13 heavy (non-hydrogen) atoms. The van der Waals surface area contributed by atoms with Crippen LogP contribution < -0.4 is 5.73 Å². The van der Waals surface area contributed by atoms with Gasteiger partial charge in [0.2, 0.25) is 0 Å². The average Bonchev–Trinajstić information content (AvgIpc) is 2.50. The number of nitrogens with zero attached hydrogens (tertiary/aromatic N) is 1. The van der Waals surface area contributed by atoms with Gasteiger partial charge in [-0.25, -0.2) is 0 Å². The molecule has 2 N–H and O–H groups in total. The Hall–Kier alpha value is -0.410. The van der Waals surface area contributed by atoms with Gasteiger partial charge in [0, 0.05) is 17.1 Å². The van der Waals surface area contributed by atoms with Crippen LogP contribution in [0.2, 0.25) is 0 Å². The van der Waals surface area contributed by atoms with Crippen LogP contribution in [0.5, 0.6) is 0 Å². The molecular formula is C10H18N2S. The smallest absolute Gasteiger partial charge is 0.0794 e. The molecule has 2 nitrogen and oxygen atoms in total. The van der Waals surface area contributed by atoms with E-state index in [1.807, 2.05) is 11.7 Å². The van der Waals surface area contributed by atoms with Gasteiger partial charge in [0.1, 0.15) is 0 Å². The molecule has 0 amide bonds. The predicted molar refractivity (Wildman–Crippen MR) is 57.7 cm³/mol. The highest BCUT2D eigenvalue weighted by Crippen LogP contribution is 2.27. The minimum atomic E-state index is 0.173. The lowest BCUT2D eigenvalue weighted by atomic mass is 9.89. The Balaban J connectivity index is 2.39. The summed E-state index contributed by atoms with van der Waals surface area (Å²) in [5, 5.41) is 0. The normalized spacial score (nSPS) is 14.5. The Labute approximate surface area is 84.2 Å². The van der Waals surface area contributed by atoms with Crippen molar-refractivity contribution in [3.05, 3.63) is 16.6 Å². The summed E-state index contributed by atoms with van der Waals surface area (Å²) in [6.07, 6.45) is 4.08. The molecule has 0 aliphatic rings. The number of aromatic nitrogens is 1. The molecule has 1 unspecified atom stereocenters. The van der Waals surface area contributed by atoms with Gasteiger partial charge in [0.25, 0.3) is 0 Å². The number of hydrogen-bond donors (Lipinski definition) is 1. The quantitative estimate of drug-likeness (QED) is 0.811. The van der Waals surface area contributed by atoms with E-state index < -0.39 is 0 Å². The third kappa shape index (κ3) is 3.87. The van der Waals surface area contributed by atoms with Gasteiger partial charge in [-0.15, -0.1) is 11.3 Å². The van der Waals surface area contributed by atoms with Crippen molar-refractivity contribution in [2.75, 3.05) is 0 Å². The Bertz CT molecular complexity index is 236. The second-order valence-corrected chi connectivity index (χ2v) is 5.53. The molecule has 0 saturated carbocycles. The summed E-state index contributed by atoms with van der Waals surface area (Å²) >= 11 is 1.65. The van der Waals surface area contributed by atoms with Crippen molar-refractivity contribution in [3.8, 4) is 0 Å². The fourth-order valence-electron chi connectivity index (χ4n) is 1.14. The molecule has 3 heteroatoms. The Morgan fingerprint density at radius 3 is 2.69 bits per heavy atom. The lowest BCUT2D eigenvalue weighted by molar-refractivity contribution is 0.350. The number of rotatable bonds is 3. The maximum atomic E-state index is 6.02. The van der Waals surface area contributed by atoms with E-state index in [4.69, 9.17) is 5.73 Å². The Kier molecular flexibility index (Phi) is 3.45. The topological polar surface area (TPSA) is 38.9 Å². The van der Waals surface area contributed by atoms with Crippen molar-refractivity contribution in [2.24, 2.45) is 11.1 Å². The van der Waals surface area contributed by atoms with Gasteiger partial charge in [0.05, 0.1) is 5.51 Å². The molecule has 0 saturated heterocycles. The molecule has 0 aromatic carbocycles. The fourth-order valence-corrected chi connectivity index (χ4v) is 1.80. The zero-order chi connectivity index (χ0) is 9.90. The molecule has 0 bridgehead atoms. The minimum absolute atomic E-state index is 0.173. The molecule has 0 aliphatic heterocycles. The van der Waals surface area contributed by atoms with Crippen LogP contribution in [0.1, 0.15) is 44.5 Å². The van der Waals surface area contributed by atoms with E-state index in [0.717, 1.165) is 12.8 Å². The highest BCUT2D eigenvalue weighted by molar-refractivity contribution is 7.09. The van der Waals surface area contributed by atoms with Crippen LogP contribution in [-0.4, -0.2) is 4.98 Å². The van der Waals surface area contributed by atoms with Gasteiger partial charge < -0.3 is 5.73 Å². The first-order valence-electron chi connectivity index (χ1n) is 4.63. The van der Waals surface area contributed by atoms with Crippen molar-refractivity contribution in [1.29, 1.82) is 0 Å². The highest BCUT2D eigenvalue weighted by atomic mass is 32.1. The predicted octanol–water partition coefficient (Wildman–Crippen LogP) is 2.97. The van der Waals surface area contributed by atoms with Gasteiger partial charge >= 0.3 is 0 Å². The van der Waals surface area contributed by atoms with Crippen LogP contribution in [0, 0.1) is 5.41 Å². The first-order chi connectivity index (χ1) is 5.99. The van der Waals surface area contributed by atoms with Crippen LogP contribution in [0.3, 0.4) is 0 Å². The van der Waals surface area contributed by atoms with Crippen molar-refractivity contribution < 1.29 is 0 Å². The van der Waals surface area contributed by atoms with E-state index in [9.17, 15) is 0 Å². The molecule has 0 spiro atoms. The summed E-state index contributed by atoms with van der Waals surface area (Å²) in [7, 11) is 0. The summed E-state index contributed by atoms with van der Waals surface area (Å²) in [5.74, 6) is 0. The molecule has 1 aromatic rings. The standard InChI is InChI=1S/C10H18N2S/c1-10(2,3)5-4-8(11)9-6-12-7-13-9/h6-8H,4-5,11H2,1-3H3. The molecule has 74 valence electrons. The highest BCUT2D eigenvalue weighted by Gasteiger charge is 2.14. The first kappa shape index (κ1) is 10.7. The molecule has 1 atom stereocenters. The third-order valence-electron chi connectivity index (χ3n) is 2.02. The van der Waals surface area contributed by atoms with E-state index >= 15 is 0 Å². The van der Waals surface area contributed by atoms with E-state index in [1.165, 1.54) is 4.88 Å². The fraction of sp³-hybridized carbons (Fsp3) is 0.700. The van der Waals surface area contributed by atoms with E-state index in [2.05, 4.69) is 25.8 Å². The monoisotopic (exact) mass is 198 g/mol. The molecule has 1 heterocycles. The van der Waals surface area contributed by atoms with Gasteiger partial charge in [0.15, 0.2) is 0 Å². The third-order valence-corrected chi connectivity index (χ3v) is 2.93. The van der Waals surface area contributed by atoms with Gasteiger partial charge in [-0.3, -0.25) is 4.98 Å². The minimum Gasteiger partial charge on any atom is -0.323 e. The molecule has 0 fully saturated rings. The summed E-state index contributed by atoms with van der Waals surface area (Å²) in [6.45, 7) is 6.73. The van der Waals surface area contributed by atoms with Crippen LogP contribution in [0.15, 0.2) is 11.7 Å². The van der Waals surface area contributed by atoms with E-state index in [-0.39, 0.29) is 6.04 Å². The van der Waals surface area contributed by atoms with Crippen molar-refractivity contribution in [2.45, 2.75) is 39.7 Å². The summed E-state index contributed by atoms with van der Waals surface area (Å²) < 4.78 is 0. The summed E-state index contributed by atoms with van der Waals surface area (Å²) in [4.78, 5) is 5.22. The number of thiazole rings is 1. The van der Waals surface area contributed by atoms with Crippen LogP contribution in [0.25, 0.3) is 0 Å². The molecule has 0 radical (unpaired) electrons. The van der Waals surface area contributed by atoms with Gasteiger partial charge in [-0.1, -0.05) is 20.8 Å². The van der Waals surface area contributed by atoms with Crippen LogP contribution in [-0.2, 0) is 0 Å². The maximum Gasteiger partial charge on any atom is 0.0794 e. The second-order valence-electron chi connectivity index (χ2n) is 4.61. The molecule has 0 aliphatic carbocycles. The maximum absolute atomic E-state index is 6.02. The summed E-state index contributed by atoms with van der Waals surface area (Å²) in [6, 6.07) is 0.173. The zero-order valence-corrected chi connectivity index (χ0v) is 9.40. The number of nitrogens with two attached hydrogens (primary N) is 1. The molecule has 1 aromatic heterocycles.